The first kappa shape index (κ1) is 43.4. The Balaban J connectivity index is 1.05. The van der Waals surface area contributed by atoms with E-state index in [2.05, 4.69) is 75.1 Å². The molecule has 0 bridgehead atoms. The summed E-state index contributed by atoms with van der Waals surface area (Å²) in [7, 11) is 1.60. The van der Waals surface area contributed by atoms with Crippen LogP contribution < -0.4 is 25.2 Å². The Labute approximate surface area is 364 Å². The first-order valence-corrected chi connectivity index (χ1v) is 22.6. The second-order valence-corrected chi connectivity index (χ2v) is 18.2. The maximum atomic E-state index is 14.0. The predicted octanol–water partition coefficient (Wildman–Crippen LogP) is 11.8. The number of ether oxygens (including phenoxy) is 1. The maximum absolute atomic E-state index is 14.0. The van der Waals surface area contributed by atoms with Crippen molar-refractivity contribution in [1.29, 1.82) is 0 Å². The van der Waals surface area contributed by atoms with E-state index in [-0.39, 0.29) is 11.3 Å². The van der Waals surface area contributed by atoms with E-state index < -0.39 is 0 Å². The third-order valence-electron chi connectivity index (χ3n) is 11.8. The van der Waals surface area contributed by atoms with Crippen molar-refractivity contribution in [2.24, 2.45) is 11.3 Å². The Bertz CT molecular complexity index is 2240. The molecule has 2 aliphatic rings. The number of anilines is 3. The number of H-pyrrole nitrogens is 1. The van der Waals surface area contributed by atoms with Crippen molar-refractivity contribution < 1.29 is 14.4 Å². The first-order valence-electron chi connectivity index (χ1n) is 21.4. The molecule has 318 valence electrons. The number of aromatic amines is 1. The van der Waals surface area contributed by atoms with Gasteiger partial charge in [-0.25, -0.2) is 4.98 Å². The monoisotopic (exact) mass is 849 g/mol. The van der Waals surface area contributed by atoms with Gasteiger partial charge in [0.15, 0.2) is 0 Å². The highest BCUT2D eigenvalue weighted by molar-refractivity contribution is 7.98. The van der Waals surface area contributed by atoms with Crippen LogP contribution in [0.2, 0.25) is 5.02 Å². The molecule has 4 N–H and O–H groups in total. The number of rotatable bonds is 18. The lowest BCUT2D eigenvalue weighted by Crippen LogP contribution is -2.47. The van der Waals surface area contributed by atoms with Gasteiger partial charge in [-0.15, -0.1) is 0 Å². The van der Waals surface area contributed by atoms with Gasteiger partial charge in [0.05, 0.1) is 30.2 Å². The summed E-state index contributed by atoms with van der Waals surface area (Å²) in [5.41, 5.74) is 11.6. The summed E-state index contributed by atoms with van der Waals surface area (Å²) in [4.78, 5) is 32.8. The number of nitrogens with zero attached hydrogens (tertiary/aromatic N) is 3. The lowest BCUT2D eigenvalue weighted by Gasteiger charge is -2.39. The summed E-state index contributed by atoms with van der Waals surface area (Å²) >= 11 is 7.52. The molecule has 0 saturated carbocycles. The minimum atomic E-state index is -0.257. The quantitative estimate of drug-likeness (QED) is 0.0506. The number of halogens is 1. The van der Waals surface area contributed by atoms with Crippen molar-refractivity contribution in [1.82, 2.24) is 19.6 Å². The molecule has 12 heteroatoms. The molecule has 0 radical (unpaired) electrons. The molecule has 10 nitrogen and oxygen atoms in total. The average molecular weight is 851 g/mol. The Morgan fingerprint density at radius 1 is 0.967 bits per heavy atom. The van der Waals surface area contributed by atoms with Crippen molar-refractivity contribution in [3.05, 3.63) is 107 Å². The summed E-state index contributed by atoms with van der Waals surface area (Å²) in [6.07, 6.45) is 11.7. The van der Waals surface area contributed by atoms with Crippen molar-refractivity contribution in [2.75, 3.05) is 62.1 Å². The van der Waals surface area contributed by atoms with Gasteiger partial charge in [-0.1, -0.05) is 69.8 Å². The van der Waals surface area contributed by atoms with E-state index in [4.69, 9.17) is 21.2 Å². The zero-order valence-electron chi connectivity index (χ0n) is 35.7. The third-order valence-corrected chi connectivity index (χ3v) is 12.8. The van der Waals surface area contributed by atoms with Gasteiger partial charge in [-0.2, -0.15) is 0 Å². The highest BCUT2D eigenvalue weighted by atomic mass is 35.5. The molecule has 3 heterocycles. The molecule has 1 amide bonds. The van der Waals surface area contributed by atoms with Crippen LogP contribution in [0.5, 0.6) is 11.5 Å². The summed E-state index contributed by atoms with van der Waals surface area (Å²) in [6, 6.07) is 24.2. The predicted molar refractivity (Wildman–Crippen MR) is 249 cm³/mol. The van der Waals surface area contributed by atoms with Crippen LogP contribution in [0.25, 0.3) is 16.6 Å². The molecular formula is C48H60ClN7O3S. The highest BCUT2D eigenvalue weighted by Gasteiger charge is 2.30. The highest BCUT2D eigenvalue weighted by Crippen LogP contribution is 2.43. The first-order chi connectivity index (χ1) is 29.1. The van der Waals surface area contributed by atoms with Gasteiger partial charge < -0.3 is 19.9 Å². The number of carbonyl (C=O) groups is 1. The molecule has 60 heavy (non-hydrogen) atoms. The minimum absolute atomic E-state index is 0.257. The number of hydrogen-bond acceptors (Lipinski definition) is 9. The number of piperazine rings is 1. The zero-order chi connectivity index (χ0) is 42.1. The van der Waals surface area contributed by atoms with Crippen molar-refractivity contribution in [2.45, 2.75) is 77.5 Å². The fourth-order valence-corrected chi connectivity index (χ4v) is 9.25. The van der Waals surface area contributed by atoms with Crippen LogP contribution >= 0.6 is 23.5 Å². The summed E-state index contributed by atoms with van der Waals surface area (Å²) < 4.78 is 9.57. The summed E-state index contributed by atoms with van der Waals surface area (Å²) in [5.74, 6) is 1.39. The molecule has 2 aromatic heterocycles. The van der Waals surface area contributed by atoms with Crippen LogP contribution in [0.4, 0.5) is 17.1 Å². The Kier molecular flexibility index (Phi) is 14.7. The molecule has 1 saturated heterocycles. The Hall–Kier alpha value is -4.68. The Morgan fingerprint density at radius 2 is 1.75 bits per heavy atom. The fourth-order valence-electron chi connectivity index (χ4n) is 8.50. The average Bonchev–Trinajstić information content (AvgIpc) is 3.72. The molecule has 0 unspecified atom stereocenters. The second-order valence-electron chi connectivity index (χ2n) is 16.9. The van der Waals surface area contributed by atoms with Crippen molar-refractivity contribution >= 4 is 63.1 Å². The van der Waals surface area contributed by atoms with E-state index in [1.807, 2.05) is 66.9 Å². The fraction of sp³-hybridized carbons (Fsp3) is 0.417. The molecule has 0 atom stereocenters. The van der Waals surface area contributed by atoms with E-state index in [1.54, 1.807) is 18.9 Å². The van der Waals surface area contributed by atoms with Gasteiger partial charge in [0.1, 0.15) is 17.1 Å². The van der Waals surface area contributed by atoms with E-state index in [1.165, 1.54) is 55.2 Å². The molecule has 1 aliphatic heterocycles. The topological polar surface area (TPSA) is 107 Å². The largest absolute Gasteiger partial charge is 0.455 e. The summed E-state index contributed by atoms with van der Waals surface area (Å²) in [5, 5.41) is 5.32. The number of aromatic nitrogens is 2. The van der Waals surface area contributed by atoms with Gasteiger partial charge in [-0.3, -0.25) is 24.7 Å². The van der Waals surface area contributed by atoms with Crippen LogP contribution in [-0.2, 0) is 4.84 Å². The van der Waals surface area contributed by atoms with E-state index in [9.17, 15) is 4.79 Å². The number of benzene rings is 3. The van der Waals surface area contributed by atoms with E-state index in [0.717, 1.165) is 90.1 Å². The normalized spacial score (nSPS) is 15.8. The molecule has 3 aromatic carbocycles. The minimum Gasteiger partial charge on any atom is -0.455 e. The second kappa shape index (κ2) is 20.3. The lowest BCUT2D eigenvalue weighted by atomic mass is 9.72. The molecular weight excluding hydrogens is 790 g/mol. The van der Waals surface area contributed by atoms with Crippen molar-refractivity contribution in [3.63, 3.8) is 0 Å². The van der Waals surface area contributed by atoms with Crippen LogP contribution in [0, 0.1) is 11.3 Å². The van der Waals surface area contributed by atoms with Crippen LogP contribution in [0.1, 0.15) is 88.6 Å². The SMILES string of the molecule is CCCC(CCC)CNc1ccc(SNC(=O)c2ccc(N3CCN(CC4=C(c5ccc(Cl)cc5)CC(C)(C)CC4)CC3)cc2Oc2cnc3[nH]ccc3c2)cc1NOC. The van der Waals surface area contributed by atoms with Gasteiger partial charge in [0.25, 0.3) is 5.91 Å². The third kappa shape index (κ3) is 11.2. The standard InChI is InChI=1S/C48H60ClN7O3S/c1-6-8-33(9-7-2)30-51-43-17-15-40(28-44(43)53-58-5)60-54-47(57)41-16-14-38(27-45(41)59-39-26-35-19-21-50-46(35)52-31-39)56-24-22-55(23-25-56)32-36-18-20-48(3,4)29-42(36)34-10-12-37(49)13-11-34/h10-17,19,21,26-28,31,33,51,53H,6-9,18,20,22-25,29-30,32H2,1-5H3,(H,50,52)(H,54,57). The number of fused-ring (bicyclic) bond motifs is 1. The molecule has 5 aromatic rings. The number of allylic oxidation sites excluding steroid dienone is 1. The number of nitrogens with one attached hydrogen (secondary N) is 4. The van der Waals surface area contributed by atoms with Crippen LogP contribution in [-0.4, -0.2) is 67.2 Å². The number of amides is 1. The van der Waals surface area contributed by atoms with Gasteiger partial charge >= 0.3 is 0 Å². The van der Waals surface area contributed by atoms with Gasteiger partial charge in [0.2, 0.25) is 0 Å². The Morgan fingerprint density at radius 3 is 2.50 bits per heavy atom. The molecule has 7 rings (SSSR count). The number of carbonyl (C=O) groups excluding carboxylic acids is 1. The van der Waals surface area contributed by atoms with Gasteiger partial charge in [-0.05, 0) is 121 Å². The van der Waals surface area contributed by atoms with E-state index in [0.29, 0.717) is 23.0 Å². The van der Waals surface area contributed by atoms with Crippen molar-refractivity contribution in [3.8, 4) is 11.5 Å². The number of hydrogen-bond donors (Lipinski definition) is 4. The molecule has 1 fully saturated rings. The smallest absolute Gasteiger partial charge is 0.265 e. The lowest BCUT2D eigenvalue weighted by molar-refractivity contribution is 0.0982. The van der Waals surface area contributed by atoms with Crippen LogP contribution in [0.15, 0.2) is 95.7 Å². The molecule has 0 spiro atoms. The molecule has 1 aliphatic carbocycles. The van der Waals surface area contributed by atoms with Crippen LogP contribution in [0.3, 0.4) is 0 Å². The van der Waals surface area contributed by atoms with Gasteiger partial charge in [0, 0.05) is 72.5 Å². The number of pyridine rings is 1. The summed E-state index contributed by atoms with van der Waals surface area (Å²) in [6.45, 7) is 14.7. The maximum Gasteiger partial charge on any atom is 0.265 e. The van der Waals surface area contributed by atoms with E-state index >= 15 is 0 Å². The zero-order valence-corrected chi connectivity index (χ0v) is 37.3.